The van der Waals surface area contributed by atoms with Crippen molar-refractivity contribution in [1.29, 1.82) is 0 Å². The van der Waals surface area contributed by atoms with Crippen LogP contribution in [0.1, 0.15) is 82.9 Å². The summed E-state index contributed by atoms with van der Waals surface area (Å²) in [7, 11) is -1.37. The summed E-state index contributed by atoms with van der Waals surface area (Å²) in [5.74, 6) is 1.28. The maximum atomic E-state index is 6.18. The Morgan fingerprint density at radius 3 is 2.24 bits per heavy atom. The van der Waals surface area contributed by atoms with Crippen LogP contribution in [0.5, 0.6) is 0 Å². The van der Waals surface area contributed by atoms with Crippen LogP contribution in [0.4, 0.5) is 0 Å². The third kappa shape index (κ3) is 8.88. The zero-order valence-electron chi connectivity index (χ0n) is 31.0. The number of benzene rings is 2. The molecule has 6 heteroatoms. The molecule has 4 heterocycles. The van der Waals surface area contributed by atoms with E-state index >= 15 is 0 Å². The second-order valence-electron chi connectivity index (χ2n) is 16.4. The fourth-order valence-electron chi connectivity index (χ4n) is 7.22. The molecule has 0 bridgehead atoms. The molecule has 0 spiro atoms. The van der Waals surface area contributed by atoms with Crippen molar-refractivity contribution < 1.29 is 24.5 Å². The minimum absolute atomic E-state index is 0. The van der Waals surface area contributed by atoms with Gasteiger partial charge in [-0.2, -0.15) is 0 Å². The number of furan rings is 1. The molecule has 0 aliphatic heterocycles. The van der Waals surface area contributed by atoms with Gasteiger partial charge in [0.25, 0.3) is 0 Å². The van der Waals surface area contributed by atoms with Crippen molar-refractivity contribution in [2.24, 2.45) is 11.3 Å². The fourth-order valence-corrected chi connectivity index (χ4v) is 8.80. The first kappa shape index (κ1) is 37.8. The van der Waals surface area contributed by atoms with Crippen LogP contribution in [-0.4, -0.2) is 23.0 Å². The molecule has 0 amide bonds. The van der Waals surface area contributed by atoms with Gasteiger partial charge < -0.3 is 19.4 Å². The SMILES string of the molecule is CC(C)(C)Cc1cc(-c2[c-]cccc2)ncc1[Si](C)(C)C.CC(C)c1cnc(-c2[c-]ncc3c2oc2ccccc23)cc1CC1CCCC1.[Ir]. The third-order valence-electron chi connectivity index (χ3n) is 9.62. The Bertz CT molecular complexity index is 2030. The summed E-state index contributed by atoms with van der Waals surface area (Å²) >= 11 is 0. The van der Waals surface area contributed by atoms with E-state index in [1.165, 1.54) is 47.6 Å². The minimum atomic E-state index is -1.37. The largest absolute Gasteiger partial charge is 0.500 e. The number of rotatable bonds is 7. The van der Waals surface area contributed by atoms with Crippen LogP contribution in [-0.2, 0) is 32.9 Å². The molecule has 1 aliphatic carbocycles. The number of pyridine rings is 3. The van der Waals surface area contributed by atoms with E-state index < -0.39 is 8.07 Å². The molecule has 7 rings (SSSR count). The Morgan fingerprint density at radius 2 is 1.56 bits per heavy atom. The monoisotopic (exact) mass is 858 g/mol. The van der Waals surface area contributed by atoms with E-state index in [1.54, 1.807) is 0 Å². The van der Waals surface area contributed by atoms with Crippen LogP contribution in [0.2, 0.25) is 19.6 Å². The van der Waals surface area contributed by atoms with Gasteiger partial charge in [-0.15, -0.1) is 35.9 Å². The average Bonchev–Trinajstić information content (AvgIpc) is 3.72. The van der Waals surface area contributed by atoms with E-state index in [4.69, 9.17) is 14.4 Å². The van der Waals surface area contributed by atoms with Crippen molar-refractivity contribution in [2.75, 3.05) is 0 Å². The topological polar surface area (TPSA) is 51.8 Å². The molecule has 1 aliphatic rings. The Balaban J connectivity index is 0.000000199. The van der Waals surface area contributed by atoms with Gasteiger partial charge in [0, 0.05) is 37.9 Å². The van der Waals surface area contributed by atoms with Crippen LogP contribution < -0.4 is 5.19 Å². The Hall–Kier alpha value is -3.44. The van der Waals surface area contributed by atoms with Crippen molar-refractivity contribution in [3.63, 3.8) is 0 Å². The fraction of sp³-hybridized carbons (Fsp3) is 0.386. The zero-order chi connectivity index (χ0) is 34.8. The number of aromatic nitrogens is 3. The van der Waals surface area contributed by atoms with Gasteiger partial charge in [-0.3, -0.25) is 0 Å². The molecule has 4 aromatic heterocycles. The summed E-state index contributed by atoms with van der Waals surface area (Å²) in [6.07, 6.45) is 16.8. The summed E-state index contributed by atoms with van der Waals surface area (Å²) in [6.45, 7) is 18.6. The van der Waals surface area contributed by atoms with Crippen LogP contribution in [0.25, 0.3) is 44.5 Å². The summed E-state index contributed by atoms with van der Waals surface area (Å²) in [4.78, 5) is 13.9. The van der Waals surface area contributed by atoms with Gasteiger partial charge in [-0.25, -0.2) is 0 Å². The first-order valence-corrected chi connectivity index (χ1v) is 21.5. The summed E-state index contributed by atoms with van der Waals surface area (Å²) < 4.78 is 6.18. The van der Waals surface area contributed by atoms with E-state index in [1.807, 2.05) is 42.6 Å². The Morgan fingerprint density at radius 1 is 0.860 bits per heavy atom. The van der Waals surface area contributed by atoms with E-state index in [2.05, 4.69) is 108 Å². The maximum absolute atomic E-state index is 6.18. The molecule has 1 radical (unpaired) electrons. The minimum Gasteiger partial charge on any atom is -0.500 e. The summed E-state index contributed by atoms with van der Waals surface area (Å²) in [5.41, 5.74) is 10.1. The van der Waals surface area contributed by atoms with Crippen LogP contribution >= 0.6 is 0 Å². The molecular weight excluding hydrogens is 807 g/mol. The molecule has 0 atom stereocenters. The van der Waals surface area contributed by atoms with Gasteiger partial charge in [-0.05, 0) is 81.6 Å². The molecule has 1 fully saturated rings. The predicted molar refractivity (Wildman–Crippen MR) is 208 cm³/mol. The van der Waals surface area contributed by atoms with Gasteiger partial charge in [0.05, 0.1) is 13.7 Å². The van der Waals surface area contributed by atoms with Gasteiger partial charge >= 0.3 is 0 Å². The Kier molecular flexibility index (Phi) is 12.0. The van der Waals surface area contributed by atoms with Crippen molar-refractivity contribution in [1.82, 2.24) is 15.0 Å². The van der Waals surface area contributed by atoms with E-state index in [0.717, 1.165) is 63.2 Å². The van der Waals surface area contributed by atoms with Gasteiger partial charge in [0.15, 0.2) is 0 Å². The smallest absolute Gasteiger partial charge is 0.121 e. The van der Waals surface area contributed by atoms with Gasteiger partial charge in [-0.1, -0.05) is 121 Å². The maximum Gasteiger partial charge on any atom is 0.121 e. The molecular formula is C44H51IrN3OSi-2. The quantitative estimate of drug-likeness (QED) is 0.119. The first-order valence-electron chi connectivity index (χ1n) is 18.0. The number of nitrogens with zero attached hydrogens (tertiary/aromatic N) is 3. The number of para-hydroxylation sites is 1. The van der Waals surface area contributed by atoms with Crippen molar-refractivity contribution >= 4 is 35.2 Å². The normalized spacial score (nSPS) is 13.8. The zero-order valence-corrected chi connectivity index (χ0v) is 34.4. The first-order chi connectivity index (χ1) is 23.4. The molecule has 4 nitrogen and oxygen atoms in total. The molecule has 6 aromatic rings. The van der Waals surface area contributed by atoms with Gasteiger partial charge in [0.1, 0.15) is 5.58 Å². The Labute approximate surface area is 313 Å². The molecule has 0 N–H and O–H groups in total. The predicted octanol–water partition coefficient (Wildman–Crippen LogP) is 11.4. The summed E-state index contributed by atoms with van der Waals surface area (Å²) in [5, 5.41) is 3.60. The molecule has 0 saturated heterocycles. The van der Waals surface area contributed by atoms with E-state index in [-0.39, 0.29) is 25.5 Å². The standard InChI is InChI=1S/C25H25N2O.C19H26NSi.Ir/c1-16(2)20-15-27-23(12-18(20)11-17-7-3-4-8-17)22-14-26-13-21-19-9-5-6-10-24(19)28-25(21)22;1-19(2,3)13-16-12-17(15-10-8-7-9-11-15)20-14-18(16)21(4,5)6;/h5-6,9-10,12-13,15-17H,3-4,7-8,11H2,1-2H3;7-10,12,14H,13H2,1-6H3;/q2*-1;. The van der Waals surface area contributed by atoms with Crippen LogP contribution in [0.3, 0.4) is 0 Å². The molecule has 263 valence electrons. The molecule has 1 saturated carbocycles. The average molecular weight is 858 g/mol. The molecule has 2 aromatic carbocycles. The van der Waals surface area contributed by atoms with Crippen molar-refractivity contribution in [3.05, 3.63) is 108 Å². The number of hydrogen-bond acceptors (Lipinski definition) is 4. The second-order valence-corrected chi connectivity index (χ2v) is 21.4. The number of hydrogen-bond donors (Lipinski definition) is 0. The van der Waals surface area contributed by atoms with Crippen LogP contribution in [0, 0.1) is 23.6 Å². The van der Waals surface area contributed by atoms with E-state index in [0.29, 0.717) is 5.92 Å². The molecule has 50 heavy (non-hydrogen) atoms. The number of fused-ring (bicyclic) bond motifs is 3. The van der Waals surface area contributed by atoms with Gasteiger partial charge in [0.2, 0.25) is 0 Å². The second kappa shape index (κ2) is 15.8. The molecule has 0 unspecified atom stereocenters. The van der Waals surface area contributed by atoms with Crippen molar-refractivity contribution in [3.8, 4) is 22.5 Å². The van der Waals surface area contributed by atoms with E-state index in [9.17, 15) is 0 Å². The van der Waals surface area contributed by atoms with Crippen molar-refractivity contribution in [2.45, 2.75) is 98.7 Å². The summed E-state index contributed by atoms with van der Waals surface area (Å²) in [6, 6.07) is 24.0. The third-order valence-corrected chi connectivity index (χ3v) is 11.7. The van der Waals surface area contributed by atoms with Crippen LogP contribution in [0.15, 0.2) is 83.7 Å².